The molecule has 6 nitrogen and oxygen atoms in total. The van der Waals surface area contributed by atoms with Gasteiger partial charge in [-0.2, -0.15) is 0 Å². The molecule has 0 saturated heterocycles. The van der Waals surface area contributed by atoms with E-state index in [9.17, 15) is 4.79 Å². The first kappa shape index (κ1) is 19.3. The smallest absolute Gasteiger partial charge is 0.255 e. The fourth-order valence-electron chi connectivity index (χ4n) is 2.41. The molecule has 0 aliphatic heterocycles. The zero-order chi connectivity index (χ0) is 18.8. The van der Waals surface area contributed by atoms with Crippen molar-refractivity contribution in [2.75, 3.05) is 13.2 Å². The predicted octanol–water partition coefficient (Wildman–Crippen LogP) is 2.11. The molecular weight excluding hydrogens is 328 g/mol. The highest BCUT2D eigenvalue weighted by molar-refractivity contribution is 5.79. The van der Waals surface area contributed by atoms with Crippen molar-refractivity contribution in [3.05, 3.63) is 65.2 Å². The molecule has 0 radical (unpaired) electrons. The summed E-state index contributed by atoms with van der Waals surface area (Å²) < 4.78 is 5.33. The molecule has 2 aromatic rings. The number of nitrogens with two attached hydrogens (primary N) is 1. The second-order valence-corrected chi connectivity index (χ2v) is 5.94. The highest BCUT2D eigenvalue weighted by atomic mass is 16.5. The van der Waals surface area contributed by atoms with Crippen LogP contribution in [0, 0.1) is 6.92 Å². The molecule has 0 aliphatic carbocycles. The van der Waals surface area contributed by atoms with Gasteiger partial charge in [-0.05, 0) is 37.1 Å². The summed E-state index contributed by atoms with van der Waals surface area (Å²) in [5.74, 6) is 0.869. The van der Waals surface area contributed by atoms with E-state index < -0.39 is 5.91 Å². The van der Waals surface area contributed by atoms with Crippen molar-refractivity contribution in [1.29, 1.82) is 0 Å². The summed E-state index contributed by atoms with van der Waals surface area (Å²) in [6.45, 7) is 5.96. The lowest BCUT2D eigenvalue weighted by molar-refractivity contribution is -0.119. The Morgan fingerprint density at radius 3 is 2.62 bits per heavy atom. The number of amides is 1. The van der Waals surface area contributed by atoms with E-state index in [1.165, 1.54) is 11.1 Å². The zero-order valence-corrected chi connectivity index (χ0v) is 15.3. The van der Waals surface area contributed by atoms with E-state index in [4.69, 9.17) is 10.5 Å². The molecule has 0 aromatic heterocycles. The minimum absolute atomic E-state index is 0.128. The molecule has 0 fully saturated rings. The Kier molecular flexibility index (Phi) is 7.49. The minimum Gasteiger partial charge on any atom is -0.484 e. The molecule has 138 valence electrons. The lowest BCUT2D eigenvalue weighted by Gasteiger charge is -2.12. The Hall–Kier alpha value is -3.02. The average molecular weight is 354 g/mol. The second kappa shape index (κ2) is 10.1. The lowest BCUT2D eigenvalue weighted by Crippen LogP contribution is -2.36. The molecule has 0 spiro atoms. The van der Waals surface area contributed by atoms with E-state index in [1.807, 2.05) is 31.2 Å². The van der Waals surface area contributed by atoms with Gasteiger partial charge in [-0.1, -0.05) is 42.0 Å². The van der Waals surface area contributed by atoms with E-state index in [2.05, 4.69) is 40.7 Å². The van der Waals surface area contributed by atoms with Gasteiger partial charge >= 0.3 is 0 Å². The molecule has 0 saturated carbocycles. The Morgan fingerprint density at radius 1 is 1.12 bits per heavy atom. The summed E-state index contributed by atoms with van der Waals surface area (Å²) in [7, 11) is 0. The molecule has 1 amide bonds. The average Bonchev–Trinajstić information content (AvgIpc) is 2.63. The van der Waals surface area contributed by atoms with Crippen LogP contribution in [0.15, 0.2) is 53.5 Å². The number of hydrogen-bond donors (Lipinski definition) is 3. The molecule has 2 rings (SSSR count). The number of nitrogens with zero attached hydrogens (tertiary/aromatic N) is 1. The van der Waals surface area contributed by atoms with E-state index in [1.54, 1.807) is 6.07 Å². The largest absolute Gasteiger partial charge is 0.484 e. The van der Waals surface area contributed by atoms with Gasteiger partial charge in [-0.3, -0.25) is 4.79 Å². The van der Waals surface area contributed by atoms with Crippen molar-refractivity contribution in [1.82, 2.24) is 10.6 Å². The van der Waals surface area contributed by atoms with E-state index in [0.29, 0.717) is 18.8 Å². The maximum absolute atomic E-state index is 10.8. The molecule has 26 heavy (non-hydrogen) atoms. The van der Waals surface area contributed by atoms with Crippen molar-refractivity contribution in [3.63, 3.8) is 0 Å². The van der Waals surface area contributed by atoms with Crippen LogP contribution in [0.5, 0.6) is 5.75 Å². The van der Waals surface area contributed by atoms with Crippen LogP contribution in [-0.4, -0.2) is 25.0 Å². The fraction of sp³-hybridized carbons (Fsp3) is 0.300. The van der Waals surface area contributed by atoms with Crippen molar-refractivity contribution in [3.8, 4) is 5.75 Å². The van der Waals surface area contributed by atoms with Gasteiger partial charge in [-0.25, -0.2) is 4.99 Å². The molecule has 6 heteroatoms. The molecule has 0 aliphatic rings. The van der Waals surface area contributed by atoms with E-state index in [-0.39, 0.29) is 6.61 Å². The van der Waals surface area contributed by atoms with Crippen molar-refractivity contribution in [2.24, 2.45) is 10.7 Å². The highest BCUT2D eigenvalue weighted by Crippen LogP contribution is 2.13. The number of primary amides is 1. The van der Waals surface area contributed by atoms with Gasteiger partial charge in [0.15, 0.2) is 12.6 Å². The molecular formula is C20H26N4O2. The van der Waals surface area contributed by atoms with Gasteiger partial charge < -0.3 is 21.1 Å². The first-order valence-corrected chi connectivity index (χ1v) is 8.64. The summed E-state index contributed by atoms with van der Waals surface area (Å²) in [5.41, 5.74) is 8.52. The molecule has 0 atom stereocenters. The van der Waals surface area contributed by atoms with Crippen LogP contribution in [0.4, 0.5) is 0 Å². The minimum atomic E-state index is -0.494. The first-order chi connectivity index (χ1) is 12.6. The van der Waals surface area contributed by atoms with E-state index in [0.717, 1.165) is 18.1 Å². The second-order valence-electron chi connectivity index (χ2n) is 5.94. The summed E-state index contributed by atoms with van der Waals surface area (Å²) in [6.07, 6.45) is 0. The van der Waals surface area contributed by atoms with Gasteiger partial charge in [-0.15, -0.1) is 0 Å². The van der Waals surface area contributed by atoms with Gasteiger partial charge in [0.1, 0.15) is 5.75 Å². The Balaban J connectivity index is 1.96. The van der Waals surface area contributed by atoms with Crippen LogP contribution in [0.1, 0.15) is 23.6 Å². The van der Waals surface area contributed by atoms with Crippen LogP contribution in [0.2, 0.25) is 0 Å². The summed E-state index contributed by atoms with van der Waals surface area (Å²) >= 11 is 0. The third-order valence-corrected chi connectivity index (χ3v) is 3.59. The number of hydrogen-bond acceptors (Lipinski definition) is 3. The molecule has 0 unspecified atom stereocenters. The number of aliphatic imine (C=N–C) groups is 1. The third-order valence-electron chi connectivity index (χ3n) is 3.59. The number of nitrogens with one attached hydrogen (secondary N) is 2. The standard InChI is InChI=1S/C20H26N4O2/c1-3-22-20(23-12-16-7-4-6-15(2)10-16)24-13-17-8-5-9-18(11-17)26-14-19(21)25/h4-11H,3,12-14H2,1-2H3,(H2,21,25)(H2,22,23,24). The van der Waals surface area contributed by atoms with Crippen LogP contribution < -0.4 is 21.1 Å². The topological polar surface area (TPSA) is 88.7 Å². The quantitative estimate of drug-likeness (QED) is 0.500. The number of guanidine groups is 1. The first-order valence-electron chi connectivity index (χ1n) is 8.64. The van der Waals surface area contributed by atoms with Crippen molar-refractivity contribution >= 4 is 11.9 Å². The number of aryl methyl sites for hydroxylation is 1. The van der Waals surface area contributed by atoms with Crippen LogP contribution in [-0.2, 0) is 17.9 Å². The Bertz CT molecular complexity index is 759. The normalized spacial score (nSPS) is 11.1. The van der Waals surface area contributed by atoms with Gasteiger partial charge in [0, 0.05) is 13.1 Å². The SMILES string of the molecule is CCNC(=NCc1cccc(C)c1)NCc1cccc(OCC(N)=O)c1. The predicted molar refractivity (Wildman–Crippen MR) is 104 cm³/mol. The van der Waals surface area contributed by atoms with Crippen molar-refractivity contribution in [2.45, 2.75) is 26.9 Å². The Labute approximate surface area is 154 Å². The van der Waals surface area contributed by atoms with Gasteiger partial charge in [0.05, 0.1) is 6.54 Å². The summed E-state index contributed by atoms with van der Waals surface area (Å²) in [4.78, 5) is 15.4. The van der Waals surface area contributed by atoms with Gasteiger partial charge in [0.25, 0.3) is 5.91 Å². The highest BCUT2D eigenvalue weighted by Gasteiger charge is 2.02. The monoisotopic (exact) mass is 354 g/mol. The number of benzene rings is 2. The van der Waals surface area contributed by atoms with Crippen LogP contribution in [0.25, 0.3) is 0 Å². The Morgan fingerprint density at radius 2 is 1.88 bits per heavy atom. The van der Waals surface area contributed by atoms with E-state index >= 15 is 0 Å². The maximum Gasteiger partial charge on any atom is 0.255 e. The maximum atomic E-state index is 10.8. The lowest BCUT2D eigenvalue weighted by atomic mass is 10.1. The third kappa shape index (κ3) is 6.84. The number of carbonyl (C=O) groups is 1. The molecule has 2 aromatic carbocycles. The number of carbonyl (C=O) groups excluding carboxylic acids is 1. The van der Waals surface area contributed by atoms with Gasteiger partial charge in [0.2, 0.25) is 0 Å². The number of rotatable bonds is 8. The van der Waals surface area contributed by atoms with Crippen molar-refractivity contribution < 1.29 is 9.53 Å². The zero-order valence-electron chi connectivity index (χ0n) is 15.3. The number of ether oxygens (including phenoxy) is 1. The fourth-order valence-corrected chi connectivity index (χ4v) is 2.41. The van der Waals surface area contributed by atoms with Crippen LogP contribution >= 0.6 is 0 Å². The van der Waals surface area contributed by atoms with Crippen LogP contribution in [0.3, 0.4) is 0 Å². The molecule has 0 heterocycles. The molecule has 4 N–H and O–H groups in total. The molecule has 0 bridgehead atoms. The summed E-state index contributed by atoms with van der Waals surface area (Å²) in [5, 5.41) is 6.54. The summed E-state index contributed by atoms with van der Waals surface area (Å²) in [6, 6.07) is 15.8.